The van der Waals surface area contributed by atoms with Crippen molar-refractivity contribution in [3.8, 4) is 5.75 Å². The molecule has 8 N–H and O–H groups in total. The van der Waals surface area contributed by atoms with Gasteiger partial charge in [-0.05, 0) is 101 Å². The maximum Gasteiger partial charge on any atom is 0.276 e. The molecule has 398 valence electrons. The van der Waals surface area contributed by atoms with Gasteiger partial charge in [0.1, 0.15) is 29.4 Å². The van der Waals surface area contributed by atoms with Gasteiger partial charge in [-0.2, -0.15) is 10.2 Å². The van der Waals surface area contributed by atoms with E-state index in [9.17, 15) is 43.5 Å². The average Bonchev–Trinajstić information content (AvgIpc) is 4.22. The van der Waals surface area contributed by atoms with Crippen LogP contribution < -0.4 is 37.1 Å². The number of aliphatic hydroxyl groups excluding tert-OH is 1. The van der Waals surface area contributed by atoms with Crippen molar-refractivity contribution < 1.29 is 48.2 Å². The monoisotopic (exact) mass is 1050 g/mol. The highest BCUT2D eigenvalue weighted by atomic mass is 16.5. The van der Waals surface area contributed by atoms with Crippen molar-refractivity contribution in [3.05, 3.63) is 124 Å². The van der Waals surface area contributed by atoms with Crippen LogP contribution in [0.15, 0.2) is 78.9 Å². The summed E-state index contributed by atoms with van der Waals surface area (Å²) in [5.41, 5.74) is 10.7. The Bertz CT molecular complexity index is 3570. The Kier molecular flexibility index (Phi) is 15.2. The lowest BCUT2D eigenvalue weighted by Crippen LogP contribution is -2.54. The Morgan fingerprint density at radius 3 is 1.97 bits per heavy atom. The molecule has 6 heterocycles. The number of fused-ring (bicyclic) bond motifs is 3. The fraction of sp³-hybridized carbons (Fsp3) is 0.308. The van der Waals surface area contributed by atoms with Crippen LogP contribution in [0.3, 0.4) is 0 Å². The summed E-state index contributed by atoms with van der Waals surface area (Å²) in [6, 6.07) is 16.6. The average molecular weight is 1050 g/mol. The van der Waals surface area contributed by atoms with Gasteiger partial charge in [-0.25, -0.2) is 9.97 Å². The van der Waals surface area contributed by atoms with E-state index in [2.05, 4.69) is 36.8 Å². The number of hydrogen-bond acceptors (Lipinski definition) is 15. The predicted octanol–water partition coefficient (Wildman–Crippen LogP) is 2.86. The Morgan fingerprint density at radius 2 is 1.38 bits per heavy atom. The molecule has 1 fully saturated rings. The number of hydrogen-bond donors (Lipinski definition) is 7. The van der Waals surface area contributed by atoms with Crippen LogP contribution in [0.4, 0.5) is 11.9 Å². The number of piperidine rings is 1. The van der Waals surface area contributed by atoms with E-state index in [1.165, 1.54) is 18.2 Å². The Morgan fingerprint density at radius 1 is 0.779 bits per heavy atom. The Labute approximate surface area is 438 Å². The highest BCUT2D eigenvalue weighted by Gasteiger charge is 2.46. The lowest BCUT2D eigenvalue weighted by atomic mass is 10.0. The molecular formula is C52H55N15O10. The zero-order chi connectivity index (χ0) is 54.7. The van der Waals surface area contributed by atoms with Gasteiger partial charge in [0, 0.05) is 51.3 Å². The van der Waals surface area contributed by atoms with Gasteiger partial charge in [0.2, 0.25) is 23.7 Å². The van der Waals surface area contributed by atoms with E-state index in [-0.39, 0.29) is 73.4 Å². The van der Waals surface area contributed by atoms with E-state index in [4.69, 9.17) is 20.4 Å². The normalized spacial score (nSPS) is 14.8. The topological polar surface area (TPSA) is 327 Å². The maximum atomic E-state index is 13.8. The molecule has 0 saturated carbocycles. The van der Waals surface area contributed by atoms with Crippen LogP contribution in [0, 0.1) is 13.8 Å². The number of allylic oxidation sites excluding steroid dienone is 2. The van der Waals surface area contributed by atoms with E-state index < -0.39 is 66.1 Å². The number of imide groups is 2. The molecule has 0 radical (unpaired) electrons. The van der Waals surface area contributed by atoms with Gasteiger partial charge < -0.3 is 35.3 Å². The van der Waals surface area contributed by atoms with E-state index in [0.717, 1.165) is 4.90 Å². The van der Waals surface area contributed by atoms with E-state index in [0.29, 0.717) is 69.9 Å². The van der Waals surface area contributed by atoms with E-state index >= 15 is 0 Å². The second-order valence-corrected chi connectivity index (χ2v) is 18.2. The number of anilines is 2. The summed E-state index contributed by atoms with van der Waals surface area (Å²) in [4.78, 5) is 115. The quantitative estimate of drug-likeness (QED) is 0.0250. The van der Waals surface area contributed by atoms with Gasteiger partial charge in [0.05, 0.1) is 44.6 Å². The minimum absolute atomic E-state index is 0.00784. The first-order chi connectivity index (χ1) is 37.0. The lowest BCUT2D eigenvalue weighted by Gasteiger charge is -2.27. The summed E-state index contributed by atoms with van der Waals surface area (Å²) in [5.74, 6) is -4.05. The van der Waals surface area contributed by atoms with Crippen LogP contribution in [0.25, 0.3) is 22.1 Å². The minimum Gasteiger partial charge on any atom is -0.483 e. The van der Waals surface area contributed by atoms with Crippen molar-refractivity contribution in [3.63, 3.8) is 0 Å². The molecule has 9 rings (SSSR count). The van der Waals surface area contributed by atoms with Crippen LogP contribution in [-0.2, 0) is 40.6 Å². The molecule has 0 spiro atoms. The zero-order valence-corrected chi connectivity index (χ0v) is 42.5. The van der Waals surface area contributed by atoms with Crippen molar-refractivity contribution in [2.45, 2.75) is 85.4 Å². The molecule has 2 atom stereocenters. The van der Waals surface area contributed by atoms with Crippen molar-refractivity contribution in [1.82, 2.24) is 59.5 Å². The molecule has 4 aromatic heterocycles. The van der Waals surface area contributed by atoms with Crippen molar-refractivity contribution in [1.29, 1.82) is 0 Å². The van der Waals surface area contributed by atoms with E-state index in [1.54, 1.807) is 80.9 Å². The third-order valence-electron chi connectivity index (χ3n) is 12.9. The number of benzene rings is 3. The first-order valence-corrected chi connectivity index (χ1v) is 24.9. The third kappa shape index (κ3) is 10.9. The molecule has 2 aliphatic heterocycles. The molecule has 8 amide bonds. The Hall–Kier alpha value is -9.36. The van der Waals surface area contributed by atoms with Gasteiger partial charge in [-0.3, -0.25) is 68.6 Å². The standard InChI is InChI=1S/C52H55N15O10/c1-5-65-38(23-28(3)61-65)47(73)59-51-56-33-25-30(44(53)70)13-15-35(33)63(51)21-7-8-22-64-36-16-14-31(26-34(36)57-52(64)60-48(74)39-24-29(4)62-66(39)6-2)45(71)55-20-10-19-54-42(69)27-77-40-12-9-11-32-43(40)50(76)67(49(32)75)37-17-18-41(68)58-46(37)72/h7-9,11-16,23-26,37,44,70H,5-6,10,17-22,27,53H2,1-4H3,(H,54,69)(H,55,71)(H,56,59,73)(H,57,60,74)(H,58,68,72)/b8-7+. The number of nitrogens with two attached hydrogens (primary N) is 1. The minimum atomic E-state index is -1.23. The fourth-order valence-electron chi connectivity index (χ4n) is 9.21. The van der Waals surface area contributed by atoms with Gasteiger partial charge in [0.25, 0.3) is 35.4 Å². The molecule has 25 nitrogen and oxygen atoms in total. The number of nitrogens with zero attached hydrogens (tertiary/aromatic N) is 9. The summed E-state index contributed by atoms with van der Waals surface area (Å²) in [6.45, 7) is 8.58. The highest BCUT2D eigenvalue weighted by molar-refractivity contribution is 6.24. The van der Waals surface area contributed by atoms with Crippen LogP contribution >= 0.6 is 0 Å². The van der Waals surface area contributed by atoms with Crippen molar-refractivity contribution in [2.24, 2.45) is 5.73 Å². The van der Waals surface area contributed by atoms with Gasteiger partial charge in [-0.1, -0.05) is 24.3 Å². The van der Waals surface area contributed by atoms with Crippen molar-refractivity contribution in [2.75, 3.05) is 30.3 Å². The molecule has 3 aromatic carbocycles. The van der Waals surface area contributed by atoms with Crippen LogP contribution in [-0.4, -0.2) is 122 Å². The van der Waals surface area contributed by atoms with Crippen LogP contribution in [0.2, 0.25) is 0 Å². The molecule has 77 heavy (non-hydrogen) atoms. The molecule has 1 saturated heterocycles. The number of amides is 8. The van der Waals surface area contributed by atoms with Crippen LogP contribution in [0.5, 0.6) is 5.75 Å². The van der Waals surface area contributed by atoms with Gasteiger partial charge in [-0.15, -0.1) is 0 Å². The predicted molar refractivity (Wildman–Crippen MR) is 278 cm³/mol. The second-order valence-electron chi connectivity index (χ2n) is 18.2. The second kappa shape index (κ2) is 22.2. The summed E-state index contributed by atoms with van der Waals surface area (Å²) in [5, 5.41) is 32.4. The number of imidazole rings is 2. The highest BCUT2D eigenvalue weighted by Crippen LogP contribution is 2.34. The Balaban J connectivity index is 0.850. The number of aliphatic hydroxyl groups is 1. The lowest BCUT2D eigenvalue weighted by molar-refractivity contribution is -0.136. The number of aryl methyl sites for hydroxylation is 4. The van der Waals surface area contributed by atoms with Gasteiger partial charge >= 0.3 is 0 Å². The maximum absolute atomic E-state index is 13.8. The van der Waals surface area contributed by atoms with E-state index in [1.807, 2.05) is 26.0 Å². The third-order valence-corrected chi connectivity index (χ3v) is 12.9. The van der Waals surface area contributed by atoms with Gasteiger partial charge in [0.15, 0.2) is 6.61 Å². The first-order valence-electron chi connectivity index (χ1n) is 24.9. The number of carbonyl (C=O) groups is 8. The number of rotatable bonds is 20. The summed E-state index contributed by atoms with van der Waals surface area (Å²) in [7, 11) is 0. The molecule has 2 unspecified atom stereocenters. The number of nitrogens with one attached hydrogen (secondary N) is 5. The van der Waals surface area contributed by atoms with Crippen LogP contribution in [0.1, 0.15) is 108 Å². The fourth-order valence-corrected chi connectivity index (χ4v) is 9.21. The largest absolute Gasteiger partial charge is 0.483 e. The smallest absolute Gasteiger partial charge is 0.276 e. The molecule has 0 bridgehead atoms. The number of ether oxygens (including phenoxy) is 1. The number of aromatic nitrogens is 8. The molecule has 25 heteroatoms. The van der Waals surface area contributed by atoms with Crippen molar-refractivity contribution >= 4 is 81.2 Å². The zero-order valence-electron chi connectivity index (χ0n) is 42.5. The molecule has 2 aliphatic rings. The molecule has 0 aliphatic carbocycles. The first kappa shape index (κ1) is 52.5. The SMILES string of the molecule is CCn1nc(C)cc1C(=O)Nc1nc2cc(C(=O)NCCCNC(=O)COc3cccc4c3C(=O)N(C3CCC(=O)NC3=O)C4=O)ccc2n1C/C=C/Cn1c(NC(=O)c2cc(C)nn2CC)nc2cc(C(N)O)ccc21. The number of carbonyl (C=O) groups excluding carboxylic acids is 8. The summed E-state index contributed by atoms with van der Waals surface area (Å²) < 4.78 is 12.4. The summed E-state index contributed by atoms with van der Waals surface area (Å²) in [6.07, 6.45) is 2.80. The molecular weight excluding hydrogens is 995 g/mol. The summed E-state index contributed by atoms with van der Waals surface area (Å²) >= 11 is 0. The molecule has 7 aromatic rings.